The molecule has 0 fully saturated rings. The lowest BCUT2D eigenvalue weighted by molar-refractivity contribution is 0.0359. The number of rotatable bonds is 6. The zero-order valence-corrected chi connectivity index (χ0v) is 16.1. The standard InChI is InChI=1S/C23H18FN3O3/c1-29-20-15-27(18-10-3-2-4-11-18)26-21(20)23(28)30-22(19-12-5-6-13-25-19)16-8-7-9-17(24)14-16/h2-15,22H,1H3. The maximum atomic E-state index is 13.8. The van der Waals surface area contributed by atoms with Crippen LogP contribution < -0.4 is 4.74 Å². The van der Waals surface area contributed by atoms with Gasteiger partial charge in [0.15, 0.2) is 11.9 Å². The fourth-order valence-corrected chi connectivity index (χ4v) is 3.02. The van der Waals surface area contributed by atoms with Crippen molar-refractivity contribution < 1.29 is 18.7 Å². The Hall–Kier alpha value is -4.00. The van der Waals surface area contributed by atoms with Gasteiger partial charge in [0.05, 0.1) is 24.7 Å². The average Bonchev–Trinajstić information content (AvgIpc) is 3.23. The van der Waals surface area contributed by atoms with Crippen molar-refractivity contribution in [3.05, 3.63) is 108 Å². The van der Waals surface area contributed by atoms with E-state index in [1.165, 1.54) is 23.9 Å². The van der Waals surface area contributed by atoms with E-state index in [1.807, 2.05) is 30.3 Å². The number of benzene rings is 2. The predicted molar refractivity (Wildman–Crippen MR) is 108 cm³/mol. The van der Waals surface area contributed by atoms with Crippen LogP contribution >= 0.6 is 0 Å². The van der Waals surface area contributed by atoms with Gasteiger partial charge < -0.3 is 9.47 Å². The zero-order chi connectivity index (χ0) is 20.9. The first-order valence-corrected chi connectivity index (χ1v) is 9.22. The van der Waals surface area contributed by atoms with E-state index in [0.29, 0.717) is 11.3 Å². The molecule has 0 amide bonds. The van der Waals surface area contributed by atoms with E-state index in [-0.39, 0.29) is 11.4 Å². The normalized spacial score (nSPS) is 11.7. The van der Waals surface area contributed by atoms with Crippen LogP contribution in [0.2, 0.25) is 0 Å². The lowest BCUT2D eigenvalue weighted by Gasteiger charge is -2.17. The van der Waals surface area contributed by atoms with Crippen molar-refractivity contribution in [1.82, 2.24) is 14.8 Å². The van der Waals surface area contributed by atoms with Gasteiger partial charge in [-0.25, -0.2) is 13.9 Å². The van der Waals surface area contributed by atoms with Gasteiger partial charge in [-0.3, -0.25) is 4.98 Å². The number of aromatic nitrogens is 3. The van der Waals surface area contributed by atoms with Gasteiger partial charge in [0.2, 0.25) is 5.69 Å². The van der Waals surface area contributed by atoms with Crippen LogP contribution in [0.25, 0.3) is 5.69 Å². The van der Waals surface area contributed by atoms with E-state index in [1.54, 1.807) is 42.7 Å². The number of halogens is 1. The summed E-state index contributed by atoms with van der Waals surface area (Å²) >= 11 is 0. The van der Waals surface area contributed by atoms with Crippen molar-refractivity contribution in [2.45, 2.75) is 6.10 Å². The highest BCUT2D eigenvalue weighted by Crippen LogP contribution is 2.28. The molecule has 30 heavy (non-hydrogen) atoms. The second-order valence-electron chi connectivity index (χ2n) is 6.42. The van der Waals surface area contributed by atoms with Crippen LogP contribution in [0.5, 0.6) is 5.75 Å². The van der Waals surface area contributed by atoms with E-state index >= 15 is 0 Å². The lowest BCUT2D eigenvalue weighted by atomic mass is 10.1. The molecule has 7 heteroatoms. The molecule has 4 aromatic rings. The van der Waals surface area contributed by atoms with Gasteiger partial charge in [-0.1, -0.05) is 36.4 Å². The number of pyridine rings is 1. The number of para-hydroxylation sites is 1. The summed E-state index contributed by atoms with van der Waals surface area (Å²) in [5.74, 6) is -0.875. The summed E-state index contributed by atoms with van der Waals surface area (Å²) in [6, 6.07) is 20.4. The van der Waals surface area contributed by atoms with Crippen LogP contribution in [0.4, 0.5) is 4.39 Å². The highest BCUT2D eigenvalue weighted by Gasteiger charge is 2.26. The van der Waals surface area contributed by atoms with Crippen molar-refractivity contribution in [3.63, 3.8) is 0 Å². The van der Waals surface area contributed by atoms with E-state index in [0.717, 1.165) is 5.69 Å². The van der Waals surface area contributed by atoms with Gasteiger partial charge in [0.1, 0.15) is 5.82 Å². The molecule has 2 aromatic carbocycles. The smallest absolute Gasteiger partial charge is 0.363 e. The molecule has 0 radical (unpaired) electrons. The fraction of sp³-hybridized carbons (Fsp3) is 0.0870. The molecule has 0 bridgehead atoms. The molecule has 0 saturated heterocycles. The molecule has 0 aliphatic carbocycles. The Bertz CT molecular complexity index is 1150. The SMILES string of the molecule is COc1cn(-c2ccccc2)nc1C(=O)OC(c1cccc(F)c1)c1ccccn1. The molecule has 6 nitrogen and oxygen atoms in total. The van der Waals surface area contributed by atoms with E-state index < -0.39 is 17.9 Å². The maximum Gasteiger partial charge on any atom is 0.363 e. The van der Waals surface area contributed by atoms with Crippen molar-refractivity contribution in [1.29, 1.82) is 0 Å². The van der Waals surface area contributed by atoms with Crippen LogP contribution in [0.3, 0.4) is 0 Å². The van der Waals surface area contributed by atoms with Crippen LogP contribution in [0.1, 0.15) is 27.8 Å². The Kier molecular flexibility index (Phi) is 5.52. The molecule has 2 aromatic heterocycles. The van der Waals surface area contributed by atoms with Gasteiger partial charge >= 0.3 is 5.97 Å². The van der Waals surface area contributed by atoms with Crippen molar-refractivity contribution in [2.75, 3.05) is 7.11 Å². The second-order valence-corrected chi connectivity index (χ2v) is 6.42. The number of ether oxygens (including phenoxy) is 2. The number of carbonyl (C=O) groups is 1. The van der Waals surface area contributed by atoms with Gasteiger partial charge in [-0.05, 0) is 36.4 Å². The molecule has 0 saturated carbocycles. The number of nitrogens with zero attached hydrogens (tertiary/aromatic N) is 3. The Morgan fingerprint density at radius 1 is 1.03 bits per heavy atom. The Morgan fingerprint density at radius 2 is 1.83 bits per heavy atom. The van der Waals surface area contributed by atoms with Crippen LogP contribution in [-0.2, 0) is 4.74 Å². The van der Waals surface area contributed by atoms with E-state index in [9.17, 15) is 9.18 Å². The Morgan fingerprint density at radius 3 is 2.53 bits per heavy atom. The van der Waals surface area contributed by atoms with Crippen molar-refractivity contribution >= 4 is 5.97 Å². The quantitative estimate of drug-likeness (QED) is 0.448. The summed E-state index contributed by atoms with van der Waals surface area (Å²) < 4.78 is 26.4. The number of methoxy groups -OCH3 is 1. The zero-order valence-electron chi connectivity index (χ0n) is 16.1. The minimum atomic E-state index is -0.902. The molecular weight excluding hydrogens is 385 g/mol. The number of hydrogen-bond donors (Lipinski definition) is 0. The number of carbonyl (C=O) groups excluding carboxylic acids is 1. The highest BCUT2D eigenvalue weighted by atomic mass is 19.1. The summed E-state index contributed by atoms with van der Waals surface area (Å²) in [4.78, 5) is 17.3. The largest absolute Gasteiger partial charge is 0.493 e. The monoisotopic (exact) mass is 403 g/mol. The molecule has 0 N–H and O–H groups in total. The first kappa shape index (κ1) is 19.3. The van der Waals surface area contributed by atoms with Gasteiger partial charge in [0, 0.05) is 11.8 Å². The van der Waals surface area contributed by atoms with Crippen LogP contribution in [0, 0.1) is 5.82 Å². The summed E-state index contributed by atoms with van der Waals surface area (Å²) in [6.45, 7) is 0. The number of esters is 1. The van der Waals surface area contributed by atoms with E-state index in [4.69, 9.17) is 9.47 Å². The highest BCUT2D eigenvalue weighted by molar-refractivity contribution is 5.90. The minimum absolute atomic E-state index is 0.0127. The third kappa shape index (κ3) is 4.05. The molecule has 0 aliphatic heterocycles. The van der Waals surface area contributed by atoms with Crippen LogP contribution in [-0.4, -0.2) is 27.8 Å². The average molecular weight is 403 g/mol. The summed E-state index contributed by atoms with van der Waals surface area (Å²) in [7, 11) is 1.45. The maximum absolute atomic E-state index is 13.8. The fourth-order valence-electron chi connectivity index (χ4n) is 3.02. The summed E-state index contributed by atoms with van der Waals surface area (Å²) in [6.07, 6.45) is 2.28. The first-order valence-electron chi connectivity index (χ1n) is 9.22. The molecule has 4 rings (SSSR count). The Balaban J connectivity index is 1.69. The number of hydrogen-bond acceptors (Lipinski definition) is 5. The third-order valence-electron chi connectivity index (χ3n) is 4.45. The van der Waals surface area contributed by atoms with Gasteiger partial charge in [-0.15, -0.1) is 0 Å². The predicted octanol–water partition coefficient (Wildman–Crippen LogP) is 4.36. The molecule has 1 atom stereocenters. The first-order chi connectivity index (χ1) is 14.7. The van der Waals surface area contributed by atoms with E-state index in [2.05, 4.69) is 10.1 Å². The third-order valence-corrected chi connectivity index (χ3v) is 4.45. The molecule has 2 heterocycles. The summed E-state index contributed by atoms with van der Waals surface area (Å²) in [5.41, 5.74) is 1.71. The molecule has 0 spiro atoms. The molecular formula is C23H18FN3O3. The Labute approximate surface area is 172 Å². The lowest BCUT2D eigenvalue weighted by Crippen LogP contribution is -2.15. The minimum Gasteiger partial charge on any atom is -0.493 e. The summed E-state index contributed by atoms with van der Waals surface area (Å²) in [5, 5.41) is 4.33. The van der Waals surface area contributed by atoms with Crippen molar-refractivity contribution in [2.24, 2.45) is 0 Å². The molecule has 150 valence electrons. The van der Waals surface area contributed by atoms with Crippen molar-refractivity contribution in [3.8, 4) is 11.4 Å². The second kappa shape index (κ2) is 8.57. The molecule has 0 aliphatic rings. The topological polar surface area (TPSA) is 66.2 Å². The molecule has 1 unspecified atom stereocenters. The van der Waals surface area contributed by atoms with Crippen LogP contribution in [0.15, 0.2) is 85.2 Å². The van der Waals surface area contributed by atoms with Gasteiger partial charge in [0.25, 0.3) is 0 Å². The van der Waals surface area contributed by atoms with Gasteiger partial charge in [-0.2, -0.15) is 5.10 Å².